The van der Waals surface area contributed by atoms with Gasteiger partial charge in [0.1, 0.15) is 11.7 Å². The second kappa shape index (κ2) is 7.18. The lowest BCUT2D eigenvalue weighted by Crippen LogP contribution is -2.52. The molecule has 0 aromatic heterocycles. The molecule has 0 saturated carbocycles. The number of nitriles is 1. The Morgan fingerprint density at radius 1 is 1.24 bits per heavy atom. The molecule has 1 amide bonds. The van der Waals surface area contributed by atoms with Gasteiger partial charge >= 0.3 is 6.09 Å². The highest BCUT2D eigenvalue weighted by molar-refractivity contribution is 6.06. The summed E-state index contributed by atoms with van der Waals surface area (Å²) in [4.78, 5) is 27.5. The Bertz CT molecular complexity index is 933. The molecule has 152 valence electrons. The Hall–Kier alpha value is -2.87. The molecule has 29 heavy (non-hydrogen) atoms. The van der Waals surface area contributed by atoms with Crippen LogP contribution in [0, 0.1) is 22.2 Å². The van der Waals surface area contributed by atoms with Crippen molar-refractivity contribution < 1.29 is 14.3 Å². The topological polar surface area (TPSA) is 70.4 Å². The van der Waals surface area contributed by atoms with Gasteiger partial charge in [-0.3, -0.25) is 4.79 Å². The molecule has 1 aliphatic heterocycles. The van der Waals surface area contributed by atoms with Gasteiger partial charge in [-0.25, -0.2) is 4.79 Å². The number of benzene rings is 1. The fourth-order valence-corrected chi connectivity index (χ4v) is 4.49. The minimum atomic E-state index is -0.823. The van der Waals surface area contributed by atoms with Crippen molar-refractivity contribution in [2.45, 2.75) is 46.6 Å². The van der Waals surface area contributed by atoms with Gasteiger partial charge in [-0.1, -0.05) is 49.4 Å². The van der Waals surface area contributed by atoms with Crippen LogP contribution in [0.3, 0.4) is 0 Å². The van der Waals surface area contributed by atoms with Crippen LogP contribution < -0.4 is 0 Å². The van der Waals surface area contributed by atoms with Crippen molar-refractivity contribution in [3.05, 3.63) is 59.2 Å². The smallest absolute Gasteiger partial charge is 0.410 e. The van der Waals surface area contributed by atoms with E-state index in [0.717, 1.165) is 11.1 Å². The molecule has 1 aromatic rings. The maximum atomic E-state index is 13.2. The minimum absolute atomic E-state index is 0.154. The first-order valence-corrected chi connectivity index (χ1v) is 9.89. The molecule has 0 bridgehead atoms. The van der Waals surface area contributed by atoms with E-state index in [4.69, 9.17) is 4.74 Å². The van der Waals surface area contributed by atoms with Gasteiger partial charge in [-0.2, -0.15) is 5.26 Å². The van der Waals surface area contributed by atoms with Gasteiger partial charge in [0.2, 0.25) is 0 Å². The first kappa shape index (κ1) is 20.9. The van der Waals surface area contributed by atoms with Crippen LogP contribution in [0.25, 0.3) is 0 Å². The lowest BCUT2D eigenvalue weighted by Gasteiger charge is -2.48. The number of allylic oxidation sites excluding steroid dienone is 1. The molecule has 1 heterocycles. The Kier molecular flexibility index (Phi) is 5.17. The van der Waals surface area contributed by atoms with Gasteiger partial charge in [0.15, 0.2) is 5.78 Å². The Labute approximate surface area is 172 Å². The second-order valence-corrected chi connectivity index (χ2v) is 9.39. The van der Waals surface area contributed by atoms with Crippen molar-refractivity contribution in [2.75, 3.05) is 13.1 Å². The Morgan fingerprint density at radius 3 is 2.48 bits per heavy atom. The van der Waals surface area contributed by atoms with E-state index in [1.54, 1.807) is 11.0 Å². The number of amides is 1. The summed E-state index contributed by atoms with van der Waals surface area (Å²) in [6, 6.07) is 11.9. The zero-order chi connectivity index (χ0) is 21.4. The van der Waals surface area contributed by atoms with E-state index in [2.05, 4.69) is 6.07 Å². The van der Waals surface area contributed by atoms with Crippen molar-refractivity contribution in [2.24, 2.45) is 10.8 Å². The van der Waals surface area contributed by atoms with Crippen molar-refractivity contribution in [1.29, 1.82) is 5.26 Å². The van der Waals surface area contributed by atoms with E-state index in [1.165, 1.54) is 0 Å². The molecule has 1 aliphatic carbocycles. The summed E-state index contributed by atoms with van der Waals surface area (Å²) in [6.45, 7) is 10.2. The van der Waals surface area contributed by atoms with E-state index >= 15 is 0 Å². The first-order chi connectivity index (χ1) is 13.5. The number of carbonyl (C=O) groups excluding carboxylic acids is 2. The predicted octanol–water partition coefficient (Wildman–Crippen LogP) is 4.45. The van der Waals surface area contributed by atoms with Crippen molar-refractivity contribution in [3.63, 3.8) is 0 Å². The highest BCUT2D eigenvalue weighted by atomic mass is 16.6. The molecule has 2 aliphatic rings. The highest BCUT2D eigenvalue weighted by Gasteiger charge is 2.52. The second-order valence-electron chi connectivity index (χ2n) is 9.39. The Balaban J connectivity index is 2.01. The average Bonchev–Trinajstić information content (AvgIpc) is 2.64. The number of Topliss-reactive ketones (excluding diaryl/α,β-unsaturated/α-hetero) is 1. The molecule has 0 fully saturated rings. The van der Waals surface area contributed by atoms with Gasteiger partial charge in [0.05, 0.1) is 11.0 Å². The number of fused-ring (bicyclic) bond motifs is 1. The van der Waals surface area contributed by atoms with E-state index in [-0.39, 0.29) is 17.4 Å². The van der Waals surface area contributed by atoms with Crippen molar-refractivity contribution in [3.8, 4) is 6.07 Å². The van der Waals surface area contributed by atoms with Crippen LogP contribution in [0.15, 0.2) is 53.6 Å². The van der Waals surface area contributed by atoms with E-state index in [0.29, 0.717) is 19.5 Å². The number of ether oxygens (including phenoxy) is 1. The molecule has 0 unspecified atom stereocenters. The van der Waals surface area contributed by atoms with Crippen molar-refractivity contribution >= 4 is 11.9 Å². The zero-order valence-corrected chi connectivity index (χ0v) is 17.8. The summed E-state index contributed by atoms with van der Waals surface area (Å²) in [7, 11) is 0. The van der Waals surface area contributed by atoms with Crippen LogP contribution in [0.4, 0.5) is 4.79 Å². The summed E-state index contributed by atoms with van der Waals surface area (Å²) in [5, 5.41) is 9.63. The summed E-state index contributed by atoms with van der Waals surface area (Å²) in [6.07, 6.45) is 3.82. The van der Waals surface area contributed by atoms with Crippen LogP contribution in [-0.2, 0) is 16.0 Å². The summed E-state index contributed by atoms with van der Waals surface area (Å²) < 4.78 is 5.53. The minimum Gasteiger partial charge on any atom is -0.444 e. The number of hydrogen-bond donors (Lipinski definition) is 0. The fourth-order valence-electron chi connectivity index (χ4n) is 4.49. The third-order valence-corrected chi connectivity index (χ3v) is 5.63. The molecule has 1 aromatic carbocycles. The lowest BCUT2D eigenvalue weighted by atomic mass is 9.57. The molecular weight excluding hydrogens is 364 g/mol. The summed E-state index contributed by atoms with van der Waals surface area (Å²) >= 11 is 0. The molecule has 2 atom stereocenters. The van der Waals surface area contributed by atoms with Gasteiger partial charge in [-0.05, 0) is 45.3 Å². The average molecular weight is 392 g/mol. The molecule has 0 saturated heterocycles. The van der Waals surface area contributed by atoms with Crippen LogP contribution in [0.1, 0.15) is 40.2 Å². The molecule has 0 radical (unpaired) electrons. The van der Waals surface area contributed by atoms with Crippen molar-refractivity contribution in [1.82, 2.24) is 4.90 Å². The zero-order valence-electron chi connectivity index (χ0n) is 17.8. The number of nitrogens with zero attached hydrogens (tertiary/aromatic N) is 2. The number of hydrogen-bond acceptors (Lipinski definition) is 4. The monoisotopic (exact) mass is 392 g/mol. The molecule has 5 nitrogen and oxygen atoms in total. The quantitative estimate of drug-likeness (QED) is 0.697. The highest BCUT2D eigenvalue weighted by Crippen LogP contribution is 2.51. The summed E-state index contributed by atoms with van der Waals surface area (Å²) in [5.41, 5.74) is 0.167. The maximum Gasteiger partial charge on any atom is 0.410 e. The molecule has 0 spiro atoms. The SMILES string of the molecule is CC(C)(C)OC(=O)N1CC=C2[C@@](C)(Cc3ccccc3)C(=O)C(C#N)=C[C@@]2(C)C1. The van der Waals surface area contributed by atoms with Gasteiger partial charge in [0.25, 0.3) is 0 Å². The molecule has 3 rings (SSSR count). The van der Waals surface area contributed by atoms with Crippen LogP contribution >= 0.6 is 0 Å². The largest absolute Gasteiger partial charge is 0.444 e. The van der Waals surface area contributed by atoms with E-state index in [1.807, 2.05) is 71.0 Å². The van der Waals surface area contributed by atoms with Crippen LogP contribution in [0.2, 0.25) is 0 Å². The van der Waals surface area contributed by atoms with Gasteiger partial charge < -0.3 is 9.64 Å². The standard InChI is InChI=1S/C24H28N2O3/c1-22(2,3)29-21(28)26-12-11-19-23(4,16-26)14-18(15-25)20(27)24(19,5)13-17-9-7-6-8-10-17/h6-11,14H,12-13,16H2,1-5H3/t23-,24+/m0/s1. The number of rotatable bonds is 2. The third kappa shape index (κ3) is 3.98. The van der Waals surface area contributed by atoms with Gasteiger partial charge in [0, 0.05) is 18.5 Å². The Morgan fingerprint density at radius 2 is 1.90 bits per heavy atom. The van der Waals surface area contributed by atoms with Crippen LogP contribution in [0.5, 0.6) is 0 Å². The molecule has 0 N–H and O–H groups in total. The summed E-state index contributed by atoms with van der Waals surface area (Å²) in [5.74, 6) is -0.154. The first-order valence-electron chi connectivity index (χ1n) is 9.89. The number of ketones is 1. The van der Waals surface area contributed by atoms with Crippen LogP contribution in [-0.4, -0.2) is 35.5 Å². The lowest BCUT2D eigenvalue weighted by molar-refractivity contribution is -0.123. The van der Waals surface area contributed by atoms with Gasteiger partial charge in [-0.15, -0.1) is 0 Å². The maximum absolute atomic E-state index is 13.2. The fraction of sp³-hybridized carbons (Fsp3) is 0.458. The molecule has 5 heteroatoms. The molecular formula is C24H28N2O3. The van der Waals surface area contributed by atoms with E-state index < -0.39 is 16.4 Å². The number of carbonyl (C=O) groups is 2. The predicted molar refractivity (Wildman–Crippen MR) is 111 cm³/mol. The third-order valence-electron chi connectivity index (χ3n) is 5.63. The normalized spacial score (nSPS) is 26.8. The van der Waals surface area contributed by atoms with E-state index in [9.17, 15) is 14.9 Å².